The smallest absolute Gasteiger partial charge is 0.238 e. The number of carbonyl (C=O) groups excluding carboxylic acids is 1. The van der Waals surface area contributed by atoms with Crippen molar-refractivity contribution in [3.63, 3.8) is 0 Å². The second kappa shape index (κ2) is 9.15. The Labute approximate surface area is 178 Å². The van der Waals surface area contributed by atoms with Crippen molar-refractivity contribution in [1.82, 2.24) is 4.90 Å². The number of rotatable bonds is 5. The Hall–Kier alpha value is -1.79. The van der Waals surface area contributed by atoms with Crippen LogP contribution in [0.5, 0.6) is 0 Å². The fourth-order valence-corrected chi connectivity index (χ4v) is 5.38. The molecule has 0 radical (unpaired) electrons. The van der Waals surface area contributed by atoms with Crippen molar-refractivity contribution in [3.05, 3.63) is 35.6 Å². The molecule has 6 unspecified atom stereocenters. The number of aldehydes is 1. The molecule has 164 valence electrons. The molecule has 30 heavy (non-hydrogen) atoms. The van der Waals surface area contributed by atoms with Gasteiger partial charge in [-0.2, -0.15) is 0 Å². The molecule has 1 N–H and O–H groups in total. The topological polar surface area (TPSA) is 62.1 Å². The summed E-state index contributed by atoms with van der Waals surface area (Å²) in [6.07, 6.45) is 11.5. The third-order valence-corrected chi connectivity index (χ3v) is 6.90. The number of nitrogens with zero attached hydrogens (tertiary/aromatic N) is 2. The van der Waals surface area contributed by atoms with Gasteiger partial charge in [0.15, 0.2) is 0 Å². The highest BCUT2D eigenvalue weighted by atomic mass is 19.1. The molecule has 0 bridgehead atoms. The van der Waals surface area contributed by atoms with Crippen LogP contribution in [0.15, 0.2) is 40.6 Å². The predicted octanol–water partition coefficient (Wildman–Crippen LogP) is 4.01. The zero-order valence-corrected chi connectivity index (χ0v) is 17.9. The molecule has 0 spiro atoms. The number of hydrogen-bond acceptors (Lipinski definition) is 5. The summed E-state index contributed by atoms with van der Waals surface area (Å²) < 4.78 is 19.5. The molecular weight excluding hydrogens is 383 g/mol. The zero-order valence-electron chi connectivity index (χ0n) is 17.9. The Kier molecular flexibility index (Phi) is 6.54. The molecule has 0 aromatic rings. The molecule has 6 heteroatoms. The quantitative estimate of drug-likeness (QED) is 0.543. The van der Waals surface area contributed by atoms with Crippen LogP contribution >= 0.6 is 0 Å². The molecule has 0 aromatic carbocycles. The third-order valence-electron chi connectivity index (χ3n) is 6.90. The van der Waals surface area contributed by atoms with E-state index in [1.807, 2.05) is 24.8 Å². The van der Waals surface area contributed by atoms with Crippen molar-refractivity contribution in [3.8, 4) is 0 Å². The number of aliphatic hydroxyl groups is 1. The van der Waals surface area contributed by atoms with Gasteiger partial charge in [0, 0.05) is 24.0 Å². The van der Waals surface area contributed by atoms with E-state index >= 15 is 0 Å². The predicted molar refractivity (Wildman–Crippen MR) is 114 cm³/mol. The zero-order chi connectivity index (χ0) is 21.3. The largest absolute Gasteiger partial charge is 0.351 e. The Morgan fingerprint density at radius 1 is 1.30 bits per heavy atom. The molecule has 4 rings (SSSR count). The van der Waals surface area contributed by atoms with Gasteiger partial charge in [0.25, 0.3) is 0 Å². The van der Waals surface area contributed by atoms with Gasteiger partial charge in [0.05, 0.1) is 12.3 Å². The number of fused-ring (bicyclic) bond motifs is 1. The van der Waals surface area contributed by atoms with Crippen LogP contribution in [-0.4, -0.2) is 47.9 Å². The average Bonchev–Trinajstić information content (AvgIpc) is 2.75. The Bertz CT molecular complexity index is 772. The van der Waals surface area contributed by atoms with Crippen LogP contribution in [0.25, 0.3) is 0 Å². The lowest BCUT2D eigenvalue weighted by Crippen LogP contribution is -2.56. The average molecular weight is 417 g/mol. The second-order valence-corrected chi connectivity index (χ2v) is 9.29. The normalized spacial score (nSPS) is 36.7. The lowest BCUT2D eigenvalue weighted by molar-refractivity contribution is -0.195. The highest BCUT2D eigenvalue weighted by molar-refractivity contribution is 5.91. The van der Waals surface area contributed by atoms with Crippen LogP contribution in [0.4, 0.5) is 4.39 Å². The molecule has 2 heterocycles. The molecule has 1 fully saturated rings. The number of alkyl halides is 1. The second-order valence-electron chi connectivity index (χ2n) is 9.29. The van der Waals surface area contributed by atoms with E-state index in [1.54, 1.807) is 6.08 Å². The summed E-state index contributed by atoms with van der Waals surface area (Å²) in [5, 5.41) is 10.7. The molecule has 0 amide bonds. The summed E-state index contributed by atoms with van der Waals surface area (Å²) in [5.41, 5.74) is 1.50. The number of ether oxygens (including phenoxy) is 1. The minimum atomic E-state index is -1.03. The van der Waals surface area contributed by atoms with Gasteiger partial charge in [-0.05, 0) is 49.9 Å². The van der Waals surface area contributed by atoms with Crippen LogP contribution in [0.2, 0.25) is 0 Å². The fraction of sp³-hybridized carbons (Fsp3) is 0.667. The molecule has 5 nitrogen and oxygen atoms in total. The van der Waals surface area contributed by atoms with Gasteiger partial charge in [0.1, 0.15) is 18.3 Å². The van der Waals surface area contributed by atoms with Gasteiger partial charge in [-0.1, -0.05) is 38.2 Å². The van der Waals surface area contributed by atoms with Crippen molar-refractivity contribution < 1.29 is 19.0 Å². The van der Waals surface area contributed by atoms with Crippen molar-refractivity contribution in [2.75, 3.05) is 13.2 Å². The van der Waals surface area contributed by atoms with Gasteiger partial charge in [-0.25, -0.2) is 9.38 Å². The van der Waals surface area contributed by atoms with E-state index in [0.29, 0.717) is 37.5 Å². The first kappa shape index (κ1) is 21.4. The molecule has 4 aliphatic rings. The van der Waals surface area contributed by atoms with Crippen molar-refractivity contribution in [1.29, 1.82) is 0 Å². The third kappa shape index (κ3) is 4.17. The van der Waals surface area contributed by atoms with Crippen LogP contribution < -0.4 is 0 Å². The Morgan fingerprint density at radius 2 is 2.13 bits per heavy atom. The summed E-state index contributed by atoms with van der Waals surface area (Å²) in [6.45, 7) is 5.04. The van der Waals surface area contributed by atoms with Crippen molar-refractivity contribution in [2.45, 2.75) is 58.5 Å². The van der Waals surface area contributed by atoms with Crippen LogP contribution in [-0.2, 0) is 9.53 Å². The van der Waals surface area contributed by atoms with Gasteiger partial charge in [-0.3, -0.25) is 4.79 Å². The summed E-state index contributed by atoms with van der Waals surface area (Å²) in [5.74, 6) is 1.10. The molecular formula is C24H33FN2O3. The standard InChI is InChI=1S/C24H33FN2O3/c1-15(2)22-19(13-28)21(17-8-10-18(25)11-9-17)20-14-30-24(29)27(23(20)26-22)12-16-6-4-3-5-7-16/h4,6,8,10,13,15-18,20-21,24,29H,3,5,7,9,11-12,14H2,1-2H3. The number of amidine groups is 1. The van der Waals surface area contributed by atoms with Crippen LogP contribution in [0, 0.1) is 29.6 Å². The highest BCUT2D eigenvalue weighted by Crippen LogP contribution is 2.43. The lowest BCUT2D eigenvalue weighted by Gasteiger charge is -2.47. The van der Waals surface area contributed by atoms with Gasteiger partial charge >= 0.3 is 0 Å². The fourth-order valence-electron chi connectivity index (χ4n) is 5.38. The lowest BCUT2D eigenvalue weighted by atomic mass is 9.70. The number of aliphatic hydroxyl groups excluding tert-OH is 1. The van der Waals surface area contributed by atoms with Gasteiger partial charge < -0.3 is 14.7 Å². The van der Waals surface area contributed by atoms with E-state index in [-0.39, 0.29) is 23.7 Å². The van der Waals surface area contributed by atoms with Crippen molar-refractivity contribution in [2.24, 2.45) is 34.6 Å². The van der Waals surface area contributed by atoms with E-state index in [4.69, 9.17) is 9.73 Å². The molecule has 2 aliphatic carbocycles. The van der Waals surface area contributed by atoms with Gasteiger partial charge in [0.2, 0.25) is 6.41 Å². The Morgan fingerprint density at radius 3 is 2.77 bits per heavy atom. The number of hydrogen-bond donors (Lipinski definition) is 1. The minimum Gasteiger partial charge on any atom is -0.351 e. The minimum absolute atomic E-state index is 0.0664. The molecule has 2 aliphatic heterocycles. The molecule has 0 aromatic heterocycles. The van der Waals surface area contributed by atoms with E-state index < -0.39 is 12.6 Å². The van der Waals surface area contributed by atoms with Crippen LogP contribution in [0.3, 0.4) is 0 Å². The van der Waals surface area contributed by atoms with Crippen LogP contribution in [0.1, 0.15) is 46.0 Å². The first-order valence-corrected chi connectivity index (χ1v) is 11.3. The molecule has 1 saturated heterocycles. The van der Waals surface area contributed by atoms with E-state index in [2.05, 4.69) is 12.2 Å². The number of allylic oxidation sites excluding steroid dienone is 5. The van der Waals surface area contributed by atoms with Crippen molar-refractivity contribution >= 4 is 12.1 Å². The van der Waals surface area contributed by atoms with E-state index in [9.17, 15) is 14.3 Å². The first-order chi connectivity index (χ1) is 14.5. The Balaban J connectivity index is 1.72. The molecule has 6 atom stereocenters. The summed E-state index contributed by atoms with van der Waals surface area (Å²) in [7, 11) is 0. The summed E-state index contributed by atoms with van der Waals surface area (Å²) in [6, 6.07) is 0. The summed E-state index contributed by atoms with van der Waals surface area (Å²) >= 11 is 0. The monoisotopic (exact) mass is 416 g/mol. The van der Waals surface area contributed by atoms with E-state index in [0.717, 1.165) is 37.1 Å². The first-order valence-electron chi connectivity index (χ1n) is 11.3. The van der Waals surface area contributed by atoms with Gasteiger partial charge in [-0.15, -0.1) is 0 Å². The highest BCUT2D eigenvalue weighted by Gasteiger charge is 2.46. The maximum Gasteiger partial charge on any atom is 0.238 e. The number of aliphatic imine (C=N–C) groups is 1. The SMILES string of the molecule is CC(C)C1=C(C=O)C(C2C=CC(F)CC2)C2COC(O)N(CC3C=CCCC3)C2=N1. The maximum atomic E-state index is 13.8. The summed E-state index contributed by atoms with van der Waals surface area (Å²) in [4.78, 5) is 19.0. The maximum absolute atomic E-state index is 13.8. The van der Waals surface area contributed by atoms with E-state index in [1.165, 1.54) is 0 Å². The number of halogens is 1. The number of carbonyl (C=O) groups is 1. The molecule has 0 saturated carbocycles.